The van der Waals surface area contributed by atoms with Crippen LogP contribution in [0.4, 0.5) is 5.69 Å². The largest absolute Gasteiger partial charge is 0.338 e. The second-order valence-electron chi connectivity index (χ2n) is 4.69. The normalized spacial score (nSPS) is 10.5. The molecule has 2 rings (SSSR count). The number of nitro groups is 1. The van der Waals surface area contributed by atoms with Gasteiger partial charge in [0.1, 0.15) is 0 Å². The second-order valence-corrected chi connectivity index (χ2v) is 4.69. The van der Waals surface area contributed by atoms with Crippen molar-refractivity contribution in [1.82, 2.24) is 19.9 Å². The molecule has 1 amide bonds. The molecule has 0 unspecified atom stereocenters. The van der Waals surface area contributed by atoms with Gasteiger partial charge in [0.15, 0.2) is 5.69 Å². The van der Waals surface area contributed by atoms with E-state index in [9.17, 15) is 14.9 Å². The number of nitrogens with zero attached hydrogens (tertiary/aromatic N) is 5. The summed E-state index contributed by atoms with van der Waals surface area (Å²) in [5, 5.41) is 18.7. The molecule has 0 saturated heterocycles. The van der Waals surface area contributed by atoms with Crippen molar-refractivity contribution in [2.45, 2.75) is 20.8 Å². The summed E-state index contributed by atoms with van der Waals surface area (Å²) in [6, 6.07) is 6.05. The van der Waals surface area contributed by atoms with Crippen LogP contribution < -0.4 is 0 Å². The lowest BCUT2D eigenvalue weighted by molar-refractivity contribution is -0.384. The van der Waals surface area contributed by atoms with Crippen LogP contribution in [0.5, 0.6) is 0 Å². The zero-order valence-electron chi connectivity index (χ0n) is 12.7. The van der Waals surface area contributed by atoms with Crippen LogP contribution in [-0.2, 0) is 0 Å². The van der Waals surface area contributed by atoms with E-state index in [2.05, 4.69) is 10.3 Å². The van der Waals surface area contributed by atoms with Crippen molar-refractivity contribution in [2.24, 2.45) is 0 Å². The van der Waals surface area contributed by atoms with E-state index in [4.69, 9.17) is 0 Å². The van der Waals surface area contributed by atoms with Crippen molar-refractivity contribution in [2.75, 3.05) is 13.1 Å². The Balaban J connectivity index is 2.41. The number of amides is 1. The Bertz CT molecular complexity index is 706. The lowest BCUT2D eigenvalue weighted by Crippen LogP contribution is -2.31. The van der Waals surface area contributed by atoms with Gasteiger partial charge in [-0.3, -0.25) is 14.9 Å². The van der Waals surface area contributed by atoms with E-state index >= 15 is 0 Å². The predicted octanol–water partition coefficient (Wildman–Crippen LogP) is 1.97. The first-order chi connectivity index (χ1) is 10.5. The average Bonchev–Trinajstić information content (AvgIpc) is 2.90. The number of hydrogen-bond donors (Lipinski definition) is 0. The topological polar surface area (TPSA) is 94.2 Å². The molecule has 1 aromatic carbocycles. The molecule has 0 radical (unpaired) electrons. The zero-order chi connectivity index (χ0) is 16.3. The Kier molecular flexibility index (Phi) is 4.50. The third-order valence-electron chi connectivity index (χ3n) is 3.43. The molecule has 0 bridgehead atoms. The van der Waals surface area contributed by atoms with E-state index in [-0.39, 0.29) is 17.3 Å². The highest BCUT2D eigenvalue weighted by Gasteiger charge is 2.21. The summed E-state index contributed by atoms with van der Waals surface area (Å²) < 4.78 is 1.43. The van der Waals surface area contributed by atoms with Crippen LogP contribution in [-0.4, -0.2) is 43.8 Å². The molecule has 116 valence electrons. The van der Waals surface area contributed by atoms with Gasteiger partial charge in [-0.1, -0.05) is 11.3 Å². The molecule has 0 atom stereocenters. The summed E-state index contributed by atoms with van der Waals surface area (Å²) in [6.07, 6.45) is 0. The summed E-state index contributed by atoms with van der Waals surface area (Å²) in [6.45, 7) is 6.66. The van der Waals surface area contributed by atoms with Gasteiger partial charge in [0.2, 0.25) is 0 Å². The second kappa shape index (κ2) is 6.33. The predicted molar refractivity (Wildman–Crippen MR) is 80.0 cm³/mol. The number of non-ortho nitro benzene ring substituents is 1. The average molecular weight is 303 g/mol. The van der Waals surface area contributed by atoms with E-state index in [1.54, 1.807) is 24.0 Å². The lowest BCUT2D eigenvalue weighted by Gasteiger charge is -2.17. The minimum Gasteiger partial charge on any atom is -0.338 e. The molecule has 8 nitrogen and oxygen atoms in total. The first-order valence-corrected chi connectivity index (χ1v) is 6.96. The summed E-state index contributed by atoms with van der Waals surface area (Å²) in [5.74, 6) is -0.195. The van der Waals surface area contributed by atoms with Gasteiger partial charge in [0, 0.05) is 25.2 Å². The van der Waals surface area contributed by atoms with Crippen molar-refractivity contribution >= 4 is 11.6 Å². The fraction of sp³-hybridized carbons (Fsp3) is 0.357. The Labute approximate surface area is 127 Å². The number of rotatable bonds is 5. The van der Waals surface area contributed by atoms with Crippen LogP contribution in [0.3, 0.4) is 0 Å². The van der Waals surface area contributed by atoms with E-state index in [1.165, 1.54) is 16.8 Å². The Hall–Kier alpha value is -2.77. The Morgan fingerprint density at radius 3 is 2.64 bits per heavy atom. The zero-order valence-corrected chi connectivity index (χ0v) is 12.7. The summed E-state index contributed by atoms with van der Waals surface area (Å²) >= 11 is 0. The van der Waals surface area contributed by atoms with E-state index in [1.807, 2.05) is 13.8 Å². The van der Waals surface area contributed by atoms with Crippen molar-refractivity contribution in [3.63, 3.8) is 0 Å². The fourth-order valence-electron chi connectivity index (χ4n) is 2.17. The minimum atomic E-state index is -0.474. The molecular weight excluding hydrogens is 286 g/mol. The van der Waals surface area contributed by atoms with Crippen LogP contribution in [0.1, 0.15) is 30.0 Å². The van der Waals surface area contributed by atoms with Crippen molar-refractivity contribution < 1.29 is 9.72 Å². The van der Waals surface area contributed by atoms with Gasteiger partial charge in [-0.15, -0.1) is 5.10 Å². The number of carbonyl (C=O) groups is 1. The van der Waals surface area contributed by atoms with Crippen LogP contribution in [0, 0.1) is 17.0 Å². The molecule has 0 aliphatic heterocycles. The van der Waals surface area contributed by atoms with E-state index in [0.29, 0.717) is 24.5 Å². The standard InChI is InChI=1S/C14H17N5O3/c1-4-17(5-2)14(20)13-10(3)18(16-15-13)11-7-6-8-12(9-11)19(21)22/h6-9H,4-5H2,1-3H3. The summed E-state index contributed by atoms with van der Waals surface area (Å²) in [4.78, 5) is 24.4. The van der Waals surface area contributed by atoms with Gasteiger partial charge in [-0.25, -0.2) is 4.68 Å². The first kappa shape index (κ1) is 15.6. The quantitative estimate of drug-likeness (QED) is 0.621. The van der Waals surface area contributed by atoms with Gasteiger partial charge in [-0.05, 0) is 26.8 Å². The molecular formula is C14H17N5O3. The van der Waals surface area contributed by atoms with Crippen molar-refractivity contribution in [1.29, 1.82) is 0 Å². The molecule has 1 aromatic heterocycles. The fourth-order valence-corrected chi connectivity index (χ4v) is 2.17. The van der Waals surface area contributed by atoms with Crippen LogP contribution in [0.15, 0.2) is 24.3 Å². The molecule has 0 fully saturated rings. The maximum absolute atomic E-state index is 12.3. The molecule has 0 aliphatic rings. The number of nitro benzene ring substituents is 1. The SMILES string of the molecule is CCN(CC)C(=O)c1nnn(-c2cccc([N+](=O)[O-])c2)c1C. The summed E-state index contributed by atoms with van der Waals surface area (Å²) in [5.41, 5.74) is 1.27. The molecule has 0 N–H and O–H groups in total. The monoisotopic (exact) mass is 303 g/mol. The van der Waals surface area contributed by atoms with Gasteiger partial charge in [-0.2, -0.15) is 0 Å². The van der Waals surface area contributed by atoms with Gasteiger partial charge < -0.3 is 4.90 Å². The van der Waals surface area contributed by atoms with E-state index in [0.717, 1.165) is 0 Å². The molecule has 2 aromatic rings. The molecule has 22 heavy (non-hydrogen) atoms. The summed E-state index contributed by atoms with van der Waals surface area (Å²) in [7, 11) is 0. The molecule has 0 saturated carbocycles. The number of aromatic nitrogens is 3. The molecule has 0 spiro atoms. The molecule has 1 heterocycles. The maximum atomic E-state index is 12.3. The van der Waals surface area contributed by atoms with Crippen LogP contribution >= 0.6 is 0 Å². The minimum absolute atomic E-state index is 0.0379. The maximum Gasteiger partial charge on any atom is 0.276 e. The smallest absolute Gasteiger partial charge is 0.276 e. The lowest BCUT2D eigenvalue weighted by atomic mass is 10.2. The molecule has 8 heteroatoms. The van der Waals surface area contributed by atoms with Crippen LogP contribution in [0.25, 0.3) is 5.69 Å². The van der Waals surface area contributed by atoms with Crippen molar-refractivity contribution in [3.05, 3.63) is 45.8 Å². The van der Waals surface area contributed by atoms with Crippen molar-refractivity contribution in [3.8, 4) is 5.69 Å². The Morgan fingerprint density at radius 1 is 1.36 bits per heavy atom. The highest BCUT2D eigenvalue weighted by Crippen LogP contribution is 2.18. The molecule has 0 aliphatic carbocycles. The number of hydrogen-bond acceptors (Lipinski definition) is 5. The van der Waals surface area contributed by atoms with Crippen LogP contribution in [0.2, 0.25) is 0 Å². The third-order valence-corrected chi connectivity index (χ3v) is 3.43. The van der Waals surface area contributed by atoms with Gasteiger partial charge >= 0.3 is 0 Å². The van der Waals surface area contributed by atoms with Gasteiger partial charge in [0.25, 0.3) is 11.6 Å². The Morgan fingerprint density at radius 2 is 2.05 bits per heavy atom. The highest BCUT2D eigenvalue weighted by molar-refractivity contribution is 5.93. The highest BCUT2D eigenvalue weighted by atomic mass is 16.6. The number of benzene rings is 1. The third kappa shape index (κ3) is 2.80. The van der Waals surface area contributed by atoms with E-state index < -0.39 is 4.92 Å². The first-order valence-electron chi connectivity index (χ1n) is 6.96. The van der Waals surface area contributed by atoms with Gasteiger partial charge in [0.05, 0.1) is 16.3 Å². The number of carbonyl (C=O) groups excluding carboxylic acids is 1.